The van der Waals surface area contributed by atoms with Crippen molar-refractivity contribution in [1.29, 1.82) is 0 Å². The van der Waals surface area contributed by atoms with E-state index in [0.717, 1.165) is 24.5 Å². The van der Waals surface area contributed by atoms with Crippen molar-refractivity contribution in [2.45, 2.75) is 58.9 Å². The number of hydrogen-bond acceptors (Lipinski definition) is 2. The van der Waals surface area contributed by atoms with E-state index in [4.69, 9.17) is 4.74 Å². The van der Waals surface area contributed by atoms with E-state index < -0.39 is 0 Å². The largest absolute Gasteiger partial charge is 0.385 e. The first kappa shape index (κ1) is 15.0. The minimum Gasteiger partial charge on any atom is -0.385 e. The van der Waals surface area contributed by atoms with Crippen LogP contribution < -0.4 is 5.32 Å². The second-order valence-corrected chi connectivity index (χ2v) is 6.67. The number of nitrogens with one attached hydrogen (secondary N) is 1. The molecule has 0 amide bonds. The van der Waals surface area contributed by atoms with Crippen LogP contribution in [0.5, 0.6) is 0 Å². The zero-order chi connectivity index (χ0) is 12.9. The first-order valence-electron chi connectivity index (χ1n) is 7.15. The van der Waals surface area contributed by atoms with Gasteiger partial charge in [-0.2, -0.15) is 0 Å². The number of ether oxygens (including phenoxy) is 1. The Labute approximate surface area is 108 Å². The summed E-state index contributed by atoms with van der Waals surface area (Å²) in [5.74, 6) is 1.73. The van der Waals surface area contributed by atoms with Gasteiger partial charge in [-0.3, -0.25) is 0 Å². The average molecular weight is 241 g/mol. The van der Waals surface area contributed by atoms with Crippen LogP contribution in [0.1, 0.15) is 52.9 Å². The van der Waals surface area contributed by atoms with Crippen molar-refractivity contribution >= 4 is 0 Å². The Balaban J connectivity index is 2.49. The second kappa shape index (κ2) is 6.75. The molecular formula is C15H31NO. The molecule has 1 saturated carbocycles. The summed E-state index contributed by atoms with van der Waals surface area (Å²) in [5, 5.41) is 3.51. The molecule has 2 nitrogen and oxygen atoms in total. The molecule has 1 fully saturated rings. The van der Waals surface area contributed by atoms with Crippen molar-refractivity contribution in [1.82, 2.24) is 5.32 Å². The lowest BCUT2D eigenvalue weighted by Crippen LogP contribution is -2.41. The van der Waals surface area contributed by atoms with Crippen LogP contribution in [0, 0.1) is 17.3 Å². The van der Waals surface area contributed by atoms with Gasteiger partial charge in [-0.25, -0.2) is 0 Å². The van der Waals surface area contributed by atoms with E-state index in [1.807, 2.05) is 0 Å². The summed E-state index contributed by atoms with van der Waals surface area (Å²) in [7, 11) is 3.92. The zero-order valence-corrected chi connectivity index (χ0v) is 12.4. The highest BCUT2D eigenvalue weighted by Gasteiger charge is 2.34. The van der Waals surface area contributed by atoms with Gasteiger partial charge < -0.3 is 10.1 Å². The second-order valence-electron chi connectivity index (χ2n) is 6.67. The van der Waals surface area contributed by atoms with Crippen molar-refractivity contribution in [3.63, 3.8) is 0 Å². The molecule has 0 heterocycles. The number of hydrogen-bond donors (Lipinski definition) is 1. The quantitative estimate of drug-likeness (QED) is 0.744. The Bertz CT molecular complexity index is 209. The molecule has 1 aliphatic rings. The van der Waals surface area contributed by atoms with Crippen LogP contribution >= 0.6 is 0 Å². The molecule has 0 aromatic carbocycles. The summed E-state index contributed by atoms with van der Waals surface area (Å²) in [5.41, 5.74) is 0.470. The maximum atomic E-state index is 5.18. The zero-order valence-electron chi connectivity index (χ0n) is 12.4. The minimum absolute atomic E-state index is 0.470. The van der Waals surface area contributed by atoms with E-state index in [9.17, 15) is 0 Å². The van der Waals surface area contributed by atoms with Crippen LogP contribution in [0.2, 0.25) is 0 Å². The lowest BCUT2D eigenvalue weighted by atomic mass is 9.66. The monoisotopic (exact) mass is 241 g/mol. The van der Waals surface area contributed by atoms with Gasteiger partial charge in [0, 0.05) is 19.8 Å². The highest BCUT2D eigenvalue weighted by molar-refractivity contribution is 4.88. The summed E-state index contributed by atoms with van der Waals surface area (Å²) in [4.78, 5) is 0. The van der Waals surface area contributed by atoms with Crippen LogP contribution in [0.3, 0.4) is 0 Å². The summed E-state index contributed by atoms with van der Waals surface area (Å²) in [6.45, 7) is 8.09. The highest BCUT2D eigenvalue weighted by Crippen LogP contribution is 2.41. The molecule has 0 spiro atoms. The molecule has 1 aliphatic carbocycles. The molecular weight excluding hydrogens is 210 g/mol. The van der Waals surface area contributed by atoms with Gasteiger partial charge >= 0.3 is 0 Å². The number of methoxy groups -OCH3 is 1. The van der Waals surface area contributed by atoms with Gasteiger partial charge in [0.25, 0.3) is 0 Å². The predicted octanol–water partition coefficient (Wildman–Crippen LogP) is 3.46. The summed E-state index contributed by atoms with van der Waals surface area (Å²) >= 11 is 0. The Kier molecular flexibility index (Phi) is 5.94. The molecule has 1 rings (SSSR count). The molecule has 0 aliphatic heterocycles. The average Bonchev–Trinajstić information content (AvgIpc) is 2.28. The third-order valence-corrected chi connectivity index (χ3v) is 4.50. The van der Waals surface area contributed by atoms with Crippen LogP contribution in [-0.4, -0.2) is 26.8 Å². The molecule has 0 aromatic heterocycles. The molecule has 17 heavy (non-hydrogen) atoms. The van der Waals surface area contributed by atoms with Crippen LogP contribution in [0.25, 0.3) is 0 Å². The minimum atomic E-state index is 0.470. The summed E-state index contributed by atoms with van der Waals surface area (Å²) in [6.07, 6.45) is 6.63. The topological polar surface area (TPSA) is 21.3 Å². The van der Waals surface area contributed by atoms with Crippen LogP contribution in [0.4, 0.5) is 0 Å². The molecule has 1 N–H and O–H groups in total. The van der Waals surface area contributed by atoms with Gasteiger partial charge in [-0.1, -0.05) is 20.8 Å². The van der Waals surface area contributed by atoms with E-state index in [0.29, 0.717) is 5.41 Å². The van der Waals surface area contributed by atoms with Crippen molar-refractivity contribution in [3.8, 4) is 0 Å². The fourth-order valence-corrected chi connectivity index (χ4v) is 3.24. The highest BCUT2D eigenvalue weighted by atomic mass is 16.5. The molecule has 0 bridgehead atoms. The van der Waals surface area contributed by atoms with Crippen molar-refractivity contribution < 1.29 is 4.74 Å². The van der Waals surface area contributed by atoms with Gasteiger partial charge in [0.05, 0.1) is 0 Å². The Morgan fingerprint density at radius 2 is 1.94 bits per heavy atom. The third kappa shape index (κ3) is 4.59. The fourth-order valence-electron chi connectivity index (χ4n) is 3.24. The predicted molar refractivity (Wildman–Crippen MR) is 74.2 cm³/mol. The van der Waals surface area contributed by atoms with E-state index in [2.05, 4.69) is 33.1 Å². The maximum absolute atomic E-state index is 5.18. The maximum Gasteiger partial charge on any atom is 0.0462 e. The SMILES string of the molecule is CNC1CCC(C(C)(C)C)CC1CCCOC. The molecule has 3 unspecified atom stereocenters. The van der Waals surface area contributed by atoms with Crippen molar-refractivity contribution in [2.24, 2.45) is 17.3 Å². The molecule has 3 atom stereocenters. The fraction of sp³-hybridized carbons (Fsp3) is 1.00. The van der Waals surface area contributed by atoms with Crippen molar-refractivity contribution in [3.05, 3.63) is 0 Å². The van der Waals surface area contributed by atoms with Gasteiger partial charge in [-0.15, -0.1) is 0 Å². The third-order valence-electron chi connectivity index (χ3n) is 4.50. The van der Waals surface area contributed by atoms with Crippen molar-refractivity contribution in [2.75, 3.05) is 20.8 Å². The van der Waals surface area contributed by atoms with E-state index >= 15 is 0 Å². The van der Waals surface area contributed by atoms with E-state index in [1.54, 1.807) is 7.11 Å². The van der Waals surface area contributed by atoms with E-state index in [1.165, 1.54) is 32.1 Å². The van der Waals surface area contributed by atoms with Gasteiger partial charge in [-0.05, 0) is 56.4 Å². The lowest BCUT2D eigenvalue weighted by molar-refractivity contribution is 0.103. The molecule has 0 saturated heterocycles. The summed E-state index contributed by atoms with van der Waals surface area (Å²) in [6, 6.07) is 0.727. The Morgan fingerprint density at radius 1 is 1.24 bits per heavy atom. The first-order chi connectivity index (χ1) is 7.99. The Hall–Kier alpha value is -0.0800. The van der Waals surface area contributed by atoms with Gasteiger partial charge in [0.1, 0.15) is 0 Å². The first-order valence-corrected chi connectivity index (χ1v) is 7.15. The normalized spacial score (nSPS) is 30.5. The van der Waals surface area contributed by atoms with Gasteiger partial charge in [0.15, 0.2) is 0 Å². The van der Waals surface area contributed by atoms with Crippen LogP contribution in [-0.2, 0) is 4.74 Å². The lowest BCUT2D eigenvalue weighted by Gasteiger charge is -2.42. The Morgan fingerprint density at radius 3 is 2.47 bits per heavy atom. The number of rotatable bonds is 5. The molecule has 102 valence electrons. The smallest absolute Gasteiger partial charge is 0.0462 e. The molecule has 0 aromatic rings. The molecule has 2 heteroatoms. The van der Waals surface area contributed by atoms with Gasteiger partial charge in [0.2, 0.25) is 0 Å². The van der Waals surface area contributed by atoms with Crippen LogP contribution in [0.15, 0.2) is 0 Å². The standard InChI is InChI=1S/C15H31NO/c1-15(2,3)13-8-9-14(16-4)12(11-13)7-6-10-17-5/h12-14,16H,6-11H2,1-5H3. The van der Waals surface area contributed by atoms with E-state index in [-0.39, 0.29) is 0 Å². The molecule has 0 radical (unpaired) electrons. The summed E-state index contributed by atoms with van der Waals surface area (Å²) < 4.78 is 5.18.